The highest BCUT2D eigenvalue weighted by Gasteiger charge is 2.18. The molecule has 0 aliphatic rings. The monoisotopic (exact) mass is 863 g/mol. The van der Waals surface area contributed by atoms with Crippen LogP contribution in [0.4, 0.5) is 0 Å². The summed E-state index contributed by atoms with van der Waals surface area (Å²) in [5.41, 5.74) is 14.7. The summed E-state index contributed by atoms with van der Waals surface area (Å²) in [6.45, 7) is 0. The SMILES string of the molecule is c1ccc(-c2ccc(-c3cc(-c4ccc(-c5cccc(-c6nc7c(-c8ccc9ccc%10ccccc%10c9c8)cccc7c7c6ccc6ccccc67)c5)cc4)nc(-c4ccccc4)n3)cc2)cc1. The predicted octanol–water partition coefficient (Wildman–Crippen LogP) is 17.3. The van der Waals surface area contributed by atoms with E-state index in [1.54, 1.807) is 0 Å². The standard InChI is InChI=1S/C65H41N3/c1-3-13-42(14-4-1)43-25-32-48(33-26-43)60-41-61(67-65(66-60)50-17-5-2-6-18-50)49-34-27-44(28-35-49)51-19-11-20-53(39-51)63-58-38-37-46-16-8-10-22-55(46)62(58)57-24-12-23-56(64(57)68-63)52-36-31-47-30-29-45-15-7-9-21-54(45)59(47)40-52/h1-41H. The van der Waals surface area contributed by atoms with Crippen molar-refractivity contribution in [3.63, 3.8) is 0 Å². The van der Waals surface area contributed by atoms with Crippen molar-refractivity contribution < 1.29 is 0 Å². The molecule has 2 heterocycles. The van der Waals surface area contributed by atoms with Crippen molar-refractivity contribution in [3.05, 3.63) is 249 Å². The van der Waals surface area contributed by atoms with E-state index in [0.29, 0.717) is 5.82 Å². The van der Waals surface area contributed by atoms with E-state index in [-0.39, 0.29) is 0 Å². The van der Waals surface area contributed by atoms with E-state index >= 15 is 0 Å². The third kappa shape index (κ3) is 6.97. The number of hydrogen-bond donors (Lipinski definition) is 0. The molecule has 13 rings (SSSR count). The van der Waals surface area contributed by atoms with E-state index in [2.05, 4.69) is 224 Å². The predicted molar refractivity (Wildman–Crippen MR) is 285 cm³/mol. The van der Waals surface area contributed by atoms with E-state index in [0.717, 1.165) is 77.9 Å². The second-order valence-corrected chi connectivity index (χ2v) is 17.5. The van der Waals surface area contributed by atoms with Gasteiger partial charge in [0.1, 0.15) is 0 Å². The molecule has 2 aromatic heterocycles. The van der Waals surface area contributed by atoms with E-state index in [9.17, 15) is 0 Å². The third-order valence-electron chi connectivity index (χ3n) is 13.5. The van der Waals surface area contributed by atoms with Gasteiger partial charge >= 0.3 is 0 Å². The lowest BCUT2D eigenvalue weighted by molar-refractivity contribution is 1.18. The van der Waals surface area contributed by atoms with Crippen molar-refractivity contribution >= 4 is 54.0 Å². The second-order valence-electron chi connectivity index (χ2n) is 17.5. The van der Waals surface area contributed by atoms with Crippen LogP contribution in [0, 0.1) is 0 Å². The normalized spacial score (nSPS) is 11.5. The highest BCUT2D eigenvalue weighted by molar-refractivity contribution is 6.24. The molecule has 0 radical (unpaired) electrons. The first-order valence-electron chi connectivity index (χ1n) is 23.2. The minimum absolute atomic E-state index is 0.696. The van der Waals surface area contributed by atoms with E-state index in [4.69, 9.17) is 15.0 Å². The Hall–Kier alpha value is -9.05. The minimum atomic E-state index is 0.696. The summed E-state index contributed by atoms with van der Waals surface area (Å²) in [6.07, 6.45) is 0. The lowest BCUT2D eigenvalue weighted by atomic mass is 9.91. The third-order valence-corrected chi connectivity index (χ3v) is 13.5. The van der Waals surface area contributed by atoms with E-state index in [1.807, 2.05) is 24.3 Å². The lowest BCUT2D eigenvalue weighted by Crippen LogP contribution is -1.96. The molecule has 0 amide bonds. The quantitative estimate of drug-likeness (QED) is 0.150. The van der Waals surface area contributed by atoms with E-state index in [1.165, 1.54) is 48.8 Å². The molecule has 13 aromatic rings. The molecular formula is C65H41N3. The summed E-state index contributed by atoms with van der Waals surface area (Å²) in [7, 11) is 0. The van der Waals surface area contributed by atoms with Gasteiger partial charge in [-0.05, 0) is 78.3 Å². The van der Waals surface area contributed by atoms with Gasteiger partial charge in [-0.3, -0.25) is 0 Å². The van der Waals surface area contributed by atoms with Gasteiger partial charge < -0.3 is 0 Å². The molecule has 3 heteroatoms. The number of hydrogen-bond acceptors (Lipinski definition) is 3. The summed E-state index contributed by atoms with van der Waals surface area (Å²) in [6, 6.07) is 88.8. The van der Waals surface area contributed by atoms with Crippen LogP contribution in [0.2, 0.25) is 0 Å². The second kappa shape index (κ2) is 16.4. The Morgan fingerprint density at radius 2 is 0.721 bits per heavy atom. The first-order chi connectivity index (χ1) is 33.7. The summed E-state index contributed by atoms with van der Waals surface area (Å²) >= 11 is 0. The van der Waals surface area contributed by atoms with Crippen molar-refractivity contribution in [1.29, 1.82) is 0 Å². The maximum Gasteiger partial charge on any atom is 0.160 e. The van der Waals surface area contributed by atoms with Crippen molar-refractivity contribution in [2.24, 2.45) is 0 Å². The average molecular weight is 864 g/mol. The highest BCUT2D eigenvalue weighted by Crippen LogP contribution is 2.42. The van der Waals surface area contributed by atoms with Gasteiger partial charge in [-0.25, -0.2) is 15.0 Å². The molecule has 0 bridgehead atoms. The Kier molecular flexibility index (Phi) is 9.50. The molecule has 0 saturated heterocycles. The van der Waals surface area contributed by atoms with Crippen LogP contribution in [-0.2, 0) is 0 Å². The summed E-state index contributed by atoms with van der Waals surface area (Å²) in [5, 5.41) is 10.9. The van der Waals surface area contributed by atoms with Crippen LogP contribution in [0.3, 0.4) is 0 Å². The smallest absolute Gasteiger partial charge is 0.160 e. The molecule has 11 aromatic carbocycles. The van der Waals surface area contributed by atoms with Gasteiger partial charge in [0, 0.05) is 44.0 Å². The van der Waals surface area contributed by atoms with Crippen molar-refractivity contribution in [3.8, 4) is 78.5 Å². The van der Waals surface area contributed by atoms with E-state index < -0.39 is 0 Å². The summed E-state index contributed by atoms with van der Waals surface area (Å²) < 4.78 is 0. The first-order valence-corrected chi connectivity index (χ1v) is 23.2. The number of nitrogens with zero attached hydrogens (tertiary/aromatic N) is 3. The maximum absolute atomic E-state index is 5.66. The Labute approximate surface area is 394 Å². The lowest BCUT2D eigenvalue weighted by Gasteiger charge is -2.16. The van der Waals surface area contributed by atoms with Crippen LogP contribution < -0.4 is 0 Å². The molecule has 68 heavy (non-hydrogen) atoms. The van der Waals surface area contributed by atoms with Gasteiger partial charge in [0.15, 0.2) is 5.82 Å². The largest absolute Gasteiger partial charge is 0.246 e. The number of rotatable bonds is 7. The van der Waals surface area contributed by atoms with Crippen molar-refractivity contribution in [2.75, 3.05) is 0 Å². The summed E-state index contributed by atoms with van der Waals surface area (Å²) in [4.78, 5) is 15.9. The minimum Gasteiger partial charge on any atom is -0.246 e. The molecule has 0 aliphatic heterocycles. The topological polar surface area (TPSA) is 38.7 Å². The molecule has 0 spiro atoms. The molecule has 0 unspecified atom stereocenters. The maximum atomic E-state index is 5.66. The molecule has 0 atom stereocenters. The van der Waals surface area contributed by atoms with Gasteiger partial charge in [-0.15, -0.1) is 0 Å². The fourth-order valence-electron chi connectivity index (χ4n) is 10.0. The Balaban J connectivity index is 0.912. The van der Waals surface area contributed by atoms with Crippen molar-refractivity contribution in [1.82, 2.24) is 15.0 Å². The molecule has 0 fully saturated rings. The van der Waals surface area contributed by atoms with Crippen LogP contribution in [-0.4, -0.2) is 15.0 Å². The summed E-state index contributed by atoms with van der Waals surface area (Å²) in [5.74, 6) is 0.696. The van der Waals surface area contributed by atoms with Crippen LogP contribution >= 0.6 is 0 Å². The van der Waals surface area contributed by atoms with Gasteiger partial charge in [-0.2, -0.15) is 0 Å². The van der Waals surface area contributed by atoms with Gasteiger partial charge in [0.2, 0.25) is 0 Å². The fraction of sp³-hybridized carbons (Fsp3) is 0. The molecule has 3 nitrogen and oxygen atoms in total. The Morgan fingerprint density at radius 1 is 0.235 bits per heavy atom. The van der Waals surface area contributed by atoms with Crippen LogP contribution in [0.5, 0.6) is 0 Å². The van der Waals surface area contributed by atoms with Crippen LogP contribution in [0.1, 0.15) is 0 Å². The number of pyridine rings is 1. The molecule has 0 aliphatic carbocycles. The molecular weight excluding hydrogens is 823 g/mol. The van der Waals surface area contributed by atoms with Gasteiger partial charge in [0.25, 0.3) is 0 Å². The first kappa shape index (κ1) is 39.3. The molecule has 0 N–H and O–H groups in total. The number of para-hydroxylation sites is 1. The molecule has 316 valence electrons. The van der Waals surface area contributed by atoms with Crippen molar-refractivity contribution in [2.45, 2.75) is 0 Å². The highest BCUT2D eigenvalue weighted by atomic mass is 14.9. The van der Waals surface area contributed by atoms with Gasteiger partial charge in [0.05, 0.1) is 22.6 Å². The zero-order valence-electron chi connectivity index (χ0n) is 37.0. The van der Waals surface area contributed by atoms with Crippen LogP contribution in [0.25, 0.3) is 133 Å². The zero-order chi connectivity index (χ0) is 45.0. The fourth-order valence-corrected chi connectivity index (χ4v) is 10.0. The number of benzene rings is 11. The van der Waals surface area contributed by atoms with Gasteiger partial charge in [-0.1, -0.05) is 231 Å². The Morgan fingerprint density at radius 3 is 1.44 bits per heavy atom. The van der Waals surface area contributed by atoms with Crippen LogP contribution in [0.15, 0.2) is 249 Å². The number of aromatic nitrogens is 3. The zero-order valence-corrected chi connectivity index (χ0v) is 37.0. The molecule has 0 saturated carbocycles. The Bertz CT molecular complexity index is 4050. The number of fused-ring (bicyclic) bond motifs is 8. The average Bonchev–Trinajstić information content (AvgIpc) is 3.42.